The van der Waals surface area contributed by atoms with Crippen molar-refractivity contribution in [3.8, 4) is 0 Å². The maximum atomic E-state index is 13.4. The van der Waals surface area contributed by atoms with Crippen molar-refractivity contribution in [3.63, 3.8) is 0 Å². The third kappa shape index (κ3) is 4.11. The molecule has 1 saturated carbocycles. The van der Waals surface area contributed by atoms with Gasteiger partial charge in [-0.25, -0.2) is 4.39 Å². The molecule has 19 heavy (non-hydrogen) atoms. The van der Waals surface area contributed by atoms with E-state index >= 15 is 0 Å². The van der Waals surface area contributed by atoms with E-state index in [1.807, 2.05) is 6.07 Å². The van der Waals surface area contributed by atoms with E-state index in [9.17, 15) is 8.60 Å². The van der Waals surface area contributed by atoms with Crippen LogP contribution in [0.5, 0.6) is 0 Å². The first-order valence-corrected chi connectivity index (χ1v) is 8.32. The van der Waals surface area contributed by atoms with E-state index in [0.717, 1.165) is 30.4 Å². The van der Waals surface area contributed by atoms with Gasteiger partial charge in [-0.15, -0.1) is 0 Å². The van der Waals surface area contributed by atoms with Crippen molar-refractivity contribution >= 4 is 10.8 Å². The minimum atomic E-state index is -0.904. The van der Waals surface area contributed by atoms with E-state index in [-0.39, 0.29) is 11.1 Å². The molecular formula is C15H22FNOS. The molecule has 1 aromatic carbocycles. The fraction of sp³-hybridized carbons (Fsp3) is 0.600. The fourth-order valence-corrected chi connectivity index (χ4v) is 4.52. The minimum absolute atomic E-state index is 0.272. The lowest BCUT2D eigenvalue weighted by atomic mass is 9.91. The van der Waals surface area contributed by atoms with Crippen molar-refractivity contribution in [1.29, 1.82) is 0 Å². The van der Waals surface area contributed by atoms with E-state index in [1.54, 1.807) is 0 Å². The van der Waals surface area contributed by atoms with Crippen molar-refractivity contribution < 1.29 is 8.60 Å². The van der Waals surface area contributed by atoms with Gasteiger partial charge in [0.2, 0.25) is 0 Å². The molecule has 0 radical (unpaired) electrons. The van der Waals surface area contributed by atoms with Gasteiger partial charge in [0, 0.05) is 28.3 Å². The zero-order valence-electron chi connectivity index (χ0n) is 11.4. The normalized spacial score (nSPS) is 25.2. The van der Waals surface area contributed by atoms with Crippen LogP contribution in [0, 0.1) is 11.7 Å². The summed E-state index contributed by atoms with van der Waals surface area (Å²) in [6.07, 6.45) is 4.47. The zero-order chi connectivity index (χ0) is 13.8. The first kappa shape index (κ1) is 14.7. The molecule has 0 spiro atoms. The summed E-state index contributed by atoms with van der Waals surface area (Å²) in [4.78, 5) is 0. The Bertz CT molecular complexity index is 463. The Kier molecular flexibility index (Phi) is 5.11. The lowest BCUT2D eigenvalue weighted by Crippen LogP contribution is -2.24. The quantitative estimate of drug-likeness (QED) is 0.922. The Balaban J connectivity index is 2.03. The van der Waals surface area contributed by atoms with Crippen molar-refractivity contribution in [2.24, 2.45) is 11.7 Å². The maximum absolute atomic E-state index is 13.4. The van der Waals surface area contributed by atoms with Crippen LogP contribution in [0.25, 0.3) is 0 Å². The van der Waals surface area contributed by atoms with Crippen LogP contribution in [0.4, 0.5) is 4.39 Å². The van der Waals surface area contributed by atoms with Crippen LogP contribution in [0.3, 0.4) is 0 Å². The van der Waals surface area contributed by atoms with E-state index in [1.165, 1.54) is 18.6 Å². The molecule has 1 fully saturated rings. The summed E-state index contributed by atoms with van der Waals surface area (Å²) < 4.78 is 25.8. The minimum Gasteiger partial charge on any atom is -0.326 e. The van der Waals surface area contributed by atoms with Gasteiger partial charge in [-0.3, -0.25) is 4.21 Å². The average Bonchev–Trinajstić information content (AvgIpc) is 2.38. The lowest BCUT2D eigenvalue weighted by Gasteiger charge is -2.26. The smallest absolute Gasteiger partial charge is 0.123 e. The molecule has 1 aliphatic carbocycles. The Labute approximate surface area is 117 Å². The highest BCUT2D eigenvalue weighted by atomic mass is 32.2. The van der Waals surface area contributed by atoms with Crippen LogP contribution in [0.2, 0.25) is 0 Å². The SMILES string of the molecule is CC1CCCC(S(=O)Cc2cc(F)cc(CN)c2)C1. The van der Waals surface area contributed by atoms with Gasteiger partial charge in [-0.2, -0.15) is 0 Å². The van der Waals surface area contributed by atoms with E-state index in [0.29, 0.717) is 18.2 Å². The third-order valence-corrected chi connectivity index (χ3v) is 5.61. The van der Waals surface area contributed by atoms with Crippen molar-refractivity contribution in [2.75, 3.05) is 0 Å². The van der Waals surface area contributed by atoms with E-state index < -0.39 is 10.8 Å². The molecule has 1 aliphatic rings. The van der Waals surface area contributed by atoms with Gasteiger partial charge in [0.05, 0.1) is 0 Å². The number of halogens is 1. The first-order chi connectivity index (χ1) is 9.08. The van der Waals surface area contributed by atoms with Crippen molar-refractivity contribution in [3.05, 3.63) is 35.1 Å². The van der Waals surface area contributed by atoms with Crippen LogP contribution in [-0.4, -0.2) is 9.46 Å². The van der Waals surface area contributed by atoms with E-state index in [2.05, 4.69) is 6.92 Å². The predicted octanol–water partition coefficient (Wildman–Crippen LogP) is 3.11. The second-order valence-electron chi connectivity index (χ2n) is 5.59. The Morgan fingerprint density at radius 2 is 2.05 bits per heavy atom. The monoisotopic (exact) mass is 283 g/mol. The van der Waals surface area contributed by atoms with Crippen molar-refractivity contribution in [2.45, 2.75) is 50.2 Å². The molecule has 2 nitrogen and oxygen atoms in total. The number of hydrogen-bond acceptors (Lipinski definition) is 2. The summed E-state index contributed by atoms with van der Waals surface area (Å²) in [6, 6.07) is 4.78. The largest absolute Gasteiger partial charge is 0.326 e. The number of benzene rings is 1. The second kappa shape index (κ2) is 6.62. The summed E-state index contributed by atoms with van der Waals surface area (Å²) in [5, 5.41) is 0.272. The lowest BCUT2D eigenvalue weighted by molar-refractivity contribution is 0.389. The van der Waals surface area contributed by atoms with Crippen LogP contribution in [0.1, 0.15) is 43.7 Å². The molecule has 2 N–H and O–H groups in total. The molecule has 0 aliphatic heterocycles. The van der Waals surface area contributed by atoms with E-state index in [4.69, 9.17) is 5.73 Å². The van der Waals surface area contributed by atoms with Crippen LogP contribution in [0.15, 0.2) is 18.2 Å². The van der Waals surface area contributed by atoms with Gasteiger partial charge in [-0.1, -0.05) is 25.8 Å². The Morgan fingerprint density at radius 1 is 1.32 bits per heavy atom. The van der Waals surface area contributed by atoms with Gasteiger partial charge < -0.3 is 5.73 Å². The Morgan fingerprint density at radius 3 is 2.74 bits per heavy atom. The van der Waals surface area contributed by atoms with Gasteiger partial charge in [0.25, 0.3) is 0 Å². The standard InChI is InChI=1S/C15H22FNOS/c1-11-3-2-4-15(5-11)19(18)10-13-6-12(9-17)7-14(16)8-13/h6-8,11,15H,2-5,9-10,17H2,1H3. The molecule has 1 aromatic rings. The molecular weight excluding hydrogens is 261 g/mol. The van der Waals surface area contributed by atoms with Crippen LogP contribution < -0.4 is 5.73 Å². The summed E-state index contributed by atoms with van der Waals surface area (Å²) in [7, 11) is -0.904. The summed E-state index contributed by atoms with van der Waals surface area (Å²) in [5.41, 5.74) is 7.11. The number of rotatable bonds is 4. The highest BCUT2D eigenvalue weighted by Gasteiger charge is 2.24. The third-order valence-electron chi connectivity index (χ3n) is 3.82. The van der Waals surface area contributed by atoms with Gasteiger partial charge in [0.1, 0.15) is 5.82 Å². The van der Waals surface area contributed by atoms with Gasteiger partial charge in [0.15, 0.2) is 0 Å². The highest BCUT2D eigenvalue weighted by molar-refractivity contribution is 7.84. The summed E-state index contributed by atoms with van der Waals surface area (Å²) in [5.74, 6) is 0.823. The summed E-state index contributed by atoms with van der Waals surface area (Å²) in [6.45, 7) is 2.54. The predicted molar refractivity (Wildman–Crippen MR) is 77.6 cm³/mol. The topological polar surface area (TPSA) is 43.1 Å². The van der Waals surface area contributed by atoms with Gasteiger partial charge >= 0.3 is 0 Å². The molecule has 0 bridgehead atoms. The second-order valence-corrected chi connectivity index (χ2v) is 7.31. The molecule has 0 amide bonds. The molecule has 0 heterocycles. The molecule has 2 rings (SSSR count). The summed E-state index contributed by atoms with van der Waals surface area (Å²) >= 11 is 0. The molecule has 106 valence electrons. The van der Waals surface area contributed by atoms with Crippen LogP contribution >= 0.6 is 0 Å². The molecule has 3 atom stereocenters. The fourth-order valence-electron chi connectivity index (χ4n) is 2.82. The number of hydrogen-bond donors (Lipinski definition) is 1. The van der Waals surface area contributed by atoms with Crippen LogP contribution in [-0.2, 0) is 23.1 Å². The first-order valence-electron chi connectivity index (χ1n) is 6.94. The molecule has 3 unspecified atom stereocenters. The maximum Gasteiger partial charge on any atom is 0.123 e. The van der Waals surface area contributed by atoms with Crippen molar-refractivity contribution in [1.82, 2.24) is 0 Å². The average molecular weight is 283 g/mol. The molecule has 4 heteroatoms. The number of nitrogens with two attached hydrogens (primary N) is 1. The Hall–Kier alpha value is -0.740. The molecule has 0 aromatic heterocycles. The van der Waals surface area contributed by atoms with Gasteiger partial charge in [-0.05, 0) is 42.0 Å². The molecule has 0 saturated heterocycles. The highest BCUT2D eigenvalue weighted by Crippen LogP contribution is 2.28. The zero-order valence-corrected chi connectivity index (χ0v) is 12.2.